The van der Waals surface area contributed by atoms with Crippen LogP contribution in [0, 0.1) is 0 Å². The number of nitrogens with one attached hydrogen (secondary N) is 2. The summed E-state index contributed by atoms with van der Waals surface area (Å²) in [7, 11) is 0. The zero-order valence-corrected chi connectivity index (χ0v) is 12.5. The van der Waals surface area contributed by atoms with Gasteiger partial charge in [-0.3, -0.25) is 0 Å². The molecule has 0 saturated carbocycles. The van der Waals surface area contributed by atoms with Gasteiger partial charge in [0.25, 0.3) is 0 Å². The Balaban J connectivity index is 3.85. The summed E-state index contributed by atoms with van der Waals surface area (Å²) in [6, 6.07) is 0.166. The summed E-state index contributed by atoms with van der Waals surface area (Å²) in [6.07, 6.45) is -0.381. The number of rotatable bonds is 7. The predicted octanol–water partition coefficient (Wildman–Crippen LogP) is 1.91. The summed E-state index contributed by atoms with van der Waals surface area (Å²) in [5, 5.41) is 6.10. The Labute approximate surface area is 111 Å². The summed E-state index contributed by atoms with van der Waals surface area (Å²) in [4.78, 5) is 11.6. The number of carbonyl (C=O) groups is 1. The fourth-order valence-corrected chi connectivity index (χ4v) is 1.30. The summed E-state index contributed by atoms with van der Waals surface area (Å²) in [6.45, 7) is 13.7. The topological polar surface area (TPSA) is 59.6 Å². The van der Waals surface area contributed by atoms with Crippen LogP contribution in [0.3, 0.4) is 0 Å². The first-order valence-electron chi connectivity index (χ1n) is 6.57. The molecule has 18 heavy (non-hydrogen) atoms. The van der Waals surface area contributed by atoms with Crippen molar-refractivity contribution in [3.8, 4) is 0 Å². The molecule has 2 atom stereocenters. The fraction of sp³-hybridized carbons (Fsp3) is 0.923. The summed E-state index contributed by atoms with van der Waals surface area (Å²) in [5.41, 5.74) is -0.463. The van der Waals surface area contributed by atoms with Gasteiger partial charge in [-0.05, 0) is 41.5 Å². The molecule has 108 valence electrons. The molecule has 2 N–H and O–H groups in total. The number of amides is 1. The monoisotopic (exact) mass is 260 g/mol. The molecule has 0 aromatic rings. The number of alkyl carbamates (subject to hydrolysis) is 1. The van der Waals surface area contributed by atoms with Gasteiger partial charge in [0.2, 0.25) is 0 Å². The van der Waals surface area contributed by atoms with E-state index >= 15 is 0 Å². The van der Waals surface area contributed by atoms with Crippen LogP contribution < -0.4 is 10.6 Å². The Kier molecular flexibility index (Phi) is 7.95. The largest absolute Gasteiger partial charge is 0.444 e. The van der Waals surface area contributed by atoms with Crippen molar-refractivity contribution in [1.82, 2.24) is 10.6 Å². The lowest BCUT2D eigenvalue weighted by Crippen LogP contribution is -2.48. The molecule has 0 aromatic heterocycles. The van der Waals surface area contributed by atoms with Crippen LogP contribution in [0.1, 0.15) is 41.5 Å². The van der Waals surface area contributed by atoms with Crippen LogP contribution in [0.25, 0.3) is 0 Å². The Bertz CT molecular complexity index is 239. The molecule has 0 aromatic carbocycles. The number of ether oxygens (including phenoxy) is 2. The van der Waals surface area contributed by atoms with Crippen LogP contribution in [0.2, 0.25) is 0 Å². The molecule has 5 heteroatoms. The van der Waals surface area contributed by atoms with Gasteiger partial charge in [-0.2, -0.15) is 0 Å². The SMILES string of the molecule is CCOCCN[C@H](C)[C@@H](C)NC(=O)OC(C)(C)C. The molecular weight excluding hydrogens is 232 g/mol. The van der Waals surface area contributed by atoms with E-state index in [1.807, 2.05) is 41.5 Å². The minimum atomic E-state index is -0.463. The maximum absolute atomic E-state index is 11.6. The highest BCUT2D eigenvalue weighted by Gasteiger charge is 2.19. The predicted molar refractivity (Wildman–Crippen MR) is 72.8 cm³/mol. The molecule has 0 aliphatic heterocycles. The average Bonchev–Trinajstić information content (AvgIpc) is 2.21. The normalized spacial score (nSPS) is 15.0. The van der Waals surface area contributed by atoms with Crippen molar-refractivity contribution in [2.45, 2.75) is 59.2 Å². The van der Waals surface area contributed by atoms with E-state index in [2.05, 4.69) is 10.6 Å². The van der Waals surface area contributed by atoms with Crippen LogP contribution in [0.5, 0.6) is 0 Å². The summed E-state index contributed by atoms with van der Waals surface area (Å²) < 4.78 is 10.4. The van der Waals surface area contributed by atoms with E-state index in [0.29, 0.717) is 6.61 Å². The fourth-order valence-electron chi connectivity index (χ4n) is 1.30. The van der Waals surface area contributed by atoms with E-state index in [1.54, 1.807) is 0 Å². The zero-order valence-electron chi connectivity index (χ0n) is 12.5. The average molecular weight is 260 g/mol. The molecule has 0 bridgehead atoms. The molecule has 0 unspecified atom stereocenters. The van der Waals surface area contributed by atoms with E-state index in [4.69, 9.17) is 9.47 Å². The quantitative estimate of drug-likeness (QED) is 0.687. The zero-order chi connectivity index (χ0) is 14.2. The van der Waals surface area contributed by atoms with Gasteiger partial charge in [-0.1, -0.05) is 0 Å². The minimum Gasteiger partial charge on any atom is -0.444 e. The van der Waals surface area contributed by atoms with Crippen molar-refractivity contribution < 1.29 is 14.3 Å². The molecule has 0 spiro atoms. The maximum atomic E-state index is 11.6. The molecule has 0 radical (unpaired) electrons. The van der Waals surface area contributed by atoms with Gasteiger partial charge in [-0.15, -0.1) is 0 Å². The van der Waals surface area contributed by atoms with Gasteiger partial charge in [0.1, 0.15) is 5.60 Å². The lowest BCUT2D eigenvalue weighted by atomic mass is 10.1. The number of carbonyl (C=O) groups excluding carboxylic acids is 1. The van der Waals surface area contributed by atoms with Gasteiger partial charge >= 0.3 is 6.09 Å². The van der Waals surface area contributed by atoms with Crippen molar-refractivity contribution in [3.05, 3.63) is 0 Å². The van der Waals surface area contributed by atoms with E-state index in [1.165, 1.54) is 0 Å². The third-order valence-electron chi connectivity index (χ3n) is 2.41. The first kappa shape index (κ1) is 17.2. The second kappa shape index (κ2) is 8.32. The van der Waals surface area contributed by atoms with E-state index in [-0.39, 0.29) is 18.2 Å². The van der Waals surface area contributed by atoms with Crippen molar-refractivity contribution in [2.24, 2.45) is 0 Å². The molecule has 0 rings (SSSR count). The highest BCUT2D eigenvalue weighted by atomic mass is 16.6. The molecule has 0 heterocycles. The lowest BCUT2D eigenvalue weighted by molar-refractivity contribution is 0.0498. The Morgan fingerprint density at radius 3 is 2.33 bits per heavy atom. The van der Waals surface area contributed by atoms with Crippen molar-refractivity contribution in [2.75, 3.05) is 19.8 Å². The maximum Gasteiger partial charge on any atom is 0.407 e. The van der Waals surface area contributed by atoms with Gasteiger partial charge < -0.3 is 20.1 Å². The van der Waals surface area contributed by atoms with Gasteiger partial charge in [0.15, 0.2) is 0 Å². The molecule has 5 nitrogen and oxygen atoms in total. The Morgan fingerprint density at radius 1 is 1.22 bits per heavy atom. The van der Waals surface area contributed by atoms with Crippen molar-refractivity contribution in [1.29, 1.82) is 0 Å². The lowest BCUT2D eigenvalue weighted by Gasteiger charge is -2.25. The van der Waals surface area contributed by atoms with Gasteiger partial charge in [0.05, 0.1) is 6.61 Å². The number of hydrogen-bond acceptors (Lipinski definition) is 4. The van der Waals surface area contributed by atoms with Crippen LogP contribution in [0.4, 0.5) is 4.79 Å². The standard InChI is InChI=1S/C13H28N2O3/c1-7-17-9-8-14-10(2)11(3)15-12(16)18-13(4,5)6/h10-11,14H,7-9H2,1-6H3,(H,15,16)/t10-,11-/m1/s1. The second-order valence-electron chi connectivity index (χ2n) is 5.37. The molecular formula is C13H28N2O3. The highest BCUT2D eigenvalue weighted by molar-refractivity contribution is 5.68. The first-order chi connectivity index (χ1) is 8.26. The molecule has 0 saturated heterocycles. The Hall–Kier alpha value is -0.810. The van der Waals surface area contributed by atoms with E-state index in [9.17, 15) is 4.79 Å². The van der Waals surface area contributed by atoms with E-state index in [0.717, 1.165) is 13.2 Å². The first-order valence-corrected chi connectivity index (χ1v) is 6.57. The third kappa shape index (κ3) is 9.24. The molecule has 0 aliphatic carbocycles. The van der Waals surface area contributed by atoms with Gasteiger partial charge in [0, 0.05) is 25.2 Å². The minimum absolute atomic E-state index is 0.00137. The Morgan fingerprint density at radius 2 is 1.83 bits per heavy atom. The van der Waals surface area contributed by atoms with Crippen LogP contribution in [-0.2, 0) is 9.47 Å². The van der Waals surface area contributed by atoms with Crippen LogP contribution in [0.15, 0.2) is 0 Å². The second-order valence-corrected chi connectivity index (χ2v) is 5.37. The third-order valence-corrected chi connectivity index (χ3v) is 2.41. The van der Waals surface area contributed by atoms with Crippen molar-refractivity contribution in [3.63, 3.8) is 0 Å². The molecule has 0 fully saturated rings. The molecule has 0 aliphatic rings. The van der Waals surface area contributed by atoms with E-state index < -0.39 is 5.60 Å². The number of hydrogen-bond donors (Lipinski definition) is 2. The van der Waals surface area contributed by atoms with Gasteiger partial charge in [-0.25, -0.2) is 4.79 Å². The summed E-state index contributed by atoms with van der Waals surface area (Å²) >= 11 is 0. The molecule has 1 amide bonds. The summed E-state index contributed by atoms with van der Waals surface area (Å²) in [5.74, 6) is 0. The highest BCUT2D eigenvalue weighted by Crippen LogP contribution is 2.07. The van der Waals surface area contributed by atoms with Crippen LogP contribution in [-0.4, -0.2) is 43.5 Å². The smallest absolute Gasteiger partial charge is 0.407 e. The van der Waals surface area contributed by atoms with Crippen LogP contribution >= 0.6 is 0 Å². The van der Waals surface area contributed by atoms with Crippen molar-refractivity contribution >= 4 is 6.09 Å².